The van der Waals surface area contributed by atoms with Crippen molar-refractivity contribution in [3.05, 3.63) is 18.0 Å². The van der Waals surface area contributed by atoms with Crippen molar-refractivity contribution >= 4 is 22.6 Å². The predicted molar refractivity (Wildman–Crippen MR) is 127 cm³/mol. The third-order valence-corrected chi connectivity index (χ3v) is 6.98. The van der Waals surface area contributed by atoms with Crippen molar-refractivity contribution in [1.29, 1.82) is 0 Å². The number of aryl methyl sites for hydroxylation is 1. The first-order valence-corrected chi connectivity index (χ1v) is 12.4. The van der Waals surface area contributed by atoms with Crippen LogP contribution < -0.4 is 10.6 Å². The van der Waals surface area contributed by atoms with Gasteiger partial charge < -0.3 is 15.4 Å². The van der Waals surface area contributed by atoms with E-state index in [1.54, 1.807) is 6.20 Å². The van der Waals surface area contributed by atoms with Crippen LogP contribution in [0.5, 0.6) is 0 Å². The van der Waals surface area contributed by atoms with Gasteiger partial charge in [0.1, 0.15) is 0 Å². The van der Waals surface area contributed by atoms with Crippen LogP contribution in [-0.4, -0.2) is 71.0 Å². The molecule has 2 N–H and O–H groups in total. The Labute approximate surface area is 191 Å². The lowest BCUT2D eigenvalue weighted by Crippen LogP contribution is -2.38. The van der Waals surface area contributed by atoms with Crippen molar-refractivity contribution in [1.82, 2.24) is 25.0 Å². The molecule has 1 aliphatic carbocycles. The number of rotatable bonds is 9. The number of anilines is 1. The standard InChI is InChI=1S/C24H38N6O2/c1-3-30-23-20(17-27-30)22(28-18(2)19-8-5-4-6-9-19)21(16-26-23)24(31)25-10-7-11-29-12-14-32-15-13-29/h16-19H,3-15H2,1-2H3,(H,25,31)(H,26,28)/t18-/m1/s1. The van der Waals surface area contributed by atoms with Crippen LogP contribution in [0, 0.1) is 5.92 Å². The summed E-state index contributed by atoms with van der Waals surface area (Å²) in [6.07, 6.45) is 10.9. The monoisotopic (exact) mass is 442 g/mol. The molecule has 2 aromatic rings. The molecule has 1 atom stereocenters. The molecule has 1 saturated carbocycles. The van der Waals surface area contributed by atoms with Crippen LogP contribution in [0.3, 0.4) is 0 Å². The minimum atomic E-state index is -0.0658. The molecule has 2 aromatic heterocycles. The molecule has 0 bridgehead atoms. The van der Waals surface area contributed by atoms with Gasteiger partial charge in [-0.05, 0) is 45.6 Å². The number of hydrogen-bond acceptors (Lipinski definition) is 6. The highest BCUT2D eigenvalue weighted by atomic mass is 16.5. The molecule has 2 aliphatic rings. The van der Waals surface area contributed by atoms with Crippen LogP contribution >= 0.6 is 0 Å². The van der Waals surface area contributed by atoms with E-state index in [9.17, 15) is 4.79 Å². The van der Waals surface area contributed by atoms with Crippen molar-refractivity contribution < 1.29 is 9.53 Å². The van der Waals surface area contributed by atoms with E-state index in [0.29, 0.717) is 24.1 Å². The van der Waals surface area contributed by atoms with Crippen LogP contribution in [0.25, 0.3) is 11.0 Å². The Morgan fingerprint density at radius 2 is 2.00 bits per heavy atom. The van der Waals surface area contributed by atoms with Crippen molar-refractivity contribution in [3.63, 3.8) is 0 Å². The molecular weight excluding hydrogens is 404 g/mol. The second kappa shape index (κ2) is 11.1. The second-order valence-electron chi connectivity index (χ2n) is 9.14. The maximum absolute atomic E-state index is 13.1. The lowest BCUT2D eigenvalue weighted by molar-refractivity contribution is 0.0374. The van der Waals surface area contributed by atoms with E-state index >= 15 is 0 Å². The quantitative estimate of drug-likeness (QED) is 0.580. The summed E-state index contributed by atoms with van der Waals surface area (Å²) in [7, 11) is 0. The molecule has 176 valence electrons. The molecule has 8 heteroatoms. The topological polar surface area (TPSA) is 84.3 Å². The summed E-state index contributed by atoms with van der Waals surface area (Å²) in [5.41, 5.74) is 2.32. The summed E-state index contributed by atoms with van der Waals surface area (Å²) in [5.74, 6) is 0.571. The molecule has 0 spiro atoms. The highest BCUT2D eigenvalue weighted by Crippen LogP contribution is 2.32. The Morgan fingerprint density at radius 1 is 1.22 bits per heavy atom. The number of fused-ring (bicyclic) bond motifs is 1. The van der Waals surface area contributed by atoms with E-state index in [0.717, 1.165) is 62.5 Å². The Bertz CT molecular complexity index is 886. The number of carbonyl (C=O) groups excluding carboxylic acids is 1. The van der Waals surface area contributed by atoms with E-state index in [1.807, 2.05) is 10.9 Å². The molecule has 1 amide bonds. The summed E-state index contributed by atoms with van der Waals surface area (Å²) in [4.78, 5) is 20.1. The summed E-state index contributed by atoms with van der Waals surface area (Å²) >= 11 is 0. The lowest BCUT2D eigenvalue weighted by Gasteiger charge is -2.29. The zero-order valence-electron chi connectivity index (χ0n) is 19.6. The summed E-state index contributed by atoms with van der Waals surface area (Å²) < 4.78 is 7.29. The predicted octanol–water partition coefficient (Wildman–Crippen LogP) is 3.28. The Morgan fingerprint density at radius 3 is 2.75 bits per heavy atom. The number of nitrogens with one attached hydrogen (secondary N) is 2. The first-order chi connectivity index (χ1) is 15.7. The number of morpholine rings is 1. The Hall–Kier alpha value is -2.19. The zero-order chi connectivity index (χ0) is 22.3. The largest absolute Gasteiger partial charge is 0.381 e. The van der Waals surface area contributed by atoms with Gasteiger partial charge in [-0.1, -0.05) is 19.3 Å². The molecule has 0 aromatic carbocycles. The van der Waals surface area contributed by atoms with E-state index in [4.69, 9.17) is 4.74 Å². The number of aromatic nitrogens is 3. The van der Waals surface area contributed by atoms with E-state index in [2.05, 4.69) is 39.5 Å². The highest BCUT2D eigenvalue weighted by Gasteiger charge is 2.24. The number of amides is 1. The number of nitrogens with zero attached hydrogens (tertiary/aromatic N) is 4. The average Bonchev–Trinajstić information content (AvgIpc) is 3.27. The zero-order valence-corrected chi connectivity index (χ0v) is 19.6. The fourth-order valence-corrected chi connectivity index (χ4v) is 4.99. The average molecular weight is 443 g/mol. The molecule has 8 nitrogen and oxygen atoms in total. The molecular formula is C24H38N6O2. The molecule has 2 fully saturated rings. The fraction of sp³-hybridized carbons (Fsp3) is 0.708. The van der Waals surface area contributed by atoms with Gasteiger partial charge in [0.25, 0.3) is 5.91 Å². The van der Waals surface area contributed by atoms with E-state index < -0.39 is 0 Å². The number of ether oxygens (including phenoxy) is 1. The smallest absolute Gasteiger partial charge is 0.254 e. The van der Waals surface area contributed by atoms with Crippen LogP contribution in [-0.2, 0) is 11.3 Å². The maximum Gasteiger partial charge on any atom is 0.254 e. The molecule has 0 unspecified atom stereocenters. The van der Waals surface area contributed by atoms with Crippen LogP contribution in [0.2, 0.25) is 0 Å². The first-order valence-electron chi connectivity index (χ1n) is 12.4. The van der Waals surface area contributed by atoms with Gasteiger partial charge in [0.2, 0.25) is 0 Å². The summed E-state index contributed by atoms with van der Waals surface area (Å²) in [5, 5.41) is 12.2. The van der Waals surface area contributed by atoms with Gasteiger partial charge >= 0.3 is 0 Å². The first kappa shape index (κ1) is 23.0. The van der Waals surface area contributed by atoms with Crippen molar-refractivity contribution in [3.8, 4) is 0 Å². The highest BCUT2D eigenvalue weighted by molar-refractivity contribution is 6.06. The third kappa shape index (κ3) is 5.41. The van der Waals surface area contributed by atoms with Crippen molar-refractivity contribution in [2.75, 3.05) is 44.7 Å². The number of pyridine rings is 1. The fourth-order valence-electron chi connectivity index (χ4n) is 4.99. The van der Waals surface area contributed by atoms with Crippen molar-refractivity contribution in [2.24, 2.45) is 5.92 Å². The molecule has 1 aliphatic heterocycles. The number of hydrogen-bond donors (Lipinski definition) is 2. The minimum Gasteiger partial charge on any atom is -0.381 e. The SMILES string of the molecule is CCn1ncc2c(N[C@H](C)C3CCCCC3)c(C(=O)NCCCN3CCOCC3)cnc21. The maximum atomic E-state index is 13.1. The third-order valence-electron chi connectivity index (χ3n) is 6.98. The van der Waals surface area contributed by atoms with Gasteiger partial charge in [0.15, 0.2) is 5.65 Å². The molecule has 0 radical (unpaired) electrons. The number of carbonyl (C=O) groups is 1. The molecule has 4 rings (SSSR count). The minimum absolute atomic E-state index is 0.0658. The summed E-state index contributed by atoms with van der Waals surface area (Å²) in [6, 6.07) is 0.304. The van der Waals surface area contributed by atoms with Gasteiger partial charge in [0, 0.05) is 38.4 Å². The van der Waals surface area contributed by atoms with E-state index in [1.165, 1.54) is 32.1 Å². The Balaban J connectivity index is 1.46. The second-order valence-corrected chi connectivity index (χ2v) is 9.14. The molecule has 1 saturated heterocycles. The van der Waals surface area contributed by atoms with Crippen molar-refractivity contribution in [2.45, 2.75) is 65.0 Å². The van der Waals surface area contributed by atoms with Crippen LogP contribution in [0.1, 0.15) is 62.7 Å². The van der Waals surface area contributed by atoms with Gasteiger partial charge in [-0.3, -0.25) is 9.69 Å². The lowest BCUT2D eigenvalue weighted by atomic mass is 9.84. The van der Waals surface area contributed by atoms with Gasteiger partial charge in [-0.2, -0.15) is 5.10 Å². The van der Waals surface area contributed by atoms with Crippen LogP contribution in [0.4, 0.5) is 5.69 Å². The Kier molecular flexibility index (Phi) is 7.97. The summed E-state index contributed by atoms with van der Waals surface area (Å²) in [6.45, 7) is 10.2. The van der Waals surface area contributed by atoms with Gasteiger partial charge in [-0.15, -0.1) is 0 Å². The van der Waals surface area contributed by atoms with Gasteiger partial charge in [-0.25, -0.2) is 9.67 Å². The van der Waals surface area contributed by atoms with Gasteiger partial charge in [0.05, 0.1) is 36.0 Å². The molecule has 3 heterocycles. The van der Waals surface area contributed by atoms with E-state index in [-0.39, 0.29) is 5.91 Å². The molecule has 32 heavy (non-hydrogen) atoms. The van der Waals surface area contributed by atoms with Crippen LogP contribution in [0.15, 0.2) is 12.4 Å². The normalized spacial score (nSPS) is 19.2.